The van der Waals surface area contributed by atoms with E-state index in [9.17, 15) is 0 Å². The van der Waals surface area contributed by atoms with E-state index in [4.69, 9.17) is 9.47 Å². The smallest absolute Gasteiger partial charge is 0.142 e. The van der Waals surface area contributed by atoms with Gasteiger partial charge < -0.3 is 20.1 Å². The first-order valence-corrected chi connectivity index (χ1v) is 8.84. The van der Waals surface area contributed by atoms with Crippen LogP contribution >= 0.6 is 0 Å². The van der Waals surface area contributed by atoms with Gasteiger partial charge in [0, 0.05) is 25.7 Å². The SMILES string of the molecule is CC(Cc1ccc2c(c1)NCCO2)NCCCN1CCOCC1. The van der Waals surface area contributed by atoms with Crippen molar-refractivity contribution in [2.75, 3.05) is 57.9 Å². The van der Waals surface area contributed by atoms with Crippen molar-refractivity contribution in [3.8, 4) is 5.75 Å². The Kier molecular flexibility index (Phi) is 6.13. The highest BCUT2D eigenvalue weighted by Crippen LogP contribution is 2.28. The van der Waals surface area contributed by atoms with Gasteiger partial charge >= 0.3 is 0 Å². The molecule has 2 aliphatic rings. The van der Waals surface area contributed by atoms with Gasteiger partial charge in [-0.3, -0.25) is 4.90 Å². The van der Waals surface area contributed by atoms with Crippen LogP contribution in [0.1, 0.15) is 18.9 Å². The van der Waals surface area contributed by atoms with Crippen molar-refractivity contribution in [1.29, 1.82) is 0 Å². The normalized spacial score (nSPS) is 19.5. The maximum atomic E-state index is 5.63. The Labute approximate surface area is 139 Å². The van der Waals surface area contributed by atoms with Gasteiger partial charge in [0.2, 0.25) is 0 Å². The predicted octanol–water partition coefficient (Wildman–Crippen LogP) is 1.73. The molecule has 1 unspecified atom stereocenters. The first kappa shape index (κ1) is 16.6. The molecule has 1 saturated heterocycles. The molecule has 2 aliphatic heterocycles. The number of morpholine rings is 1. The van der Waals surface area contributed by atoms with E-state index >= 15 is 0 Å². The van der Waals surface area contributed by atoms with Crippen LogP contribution in [0.4, 0.5) is 5.69 Å². The van der Waals surface area contributed by atoms with Crippen molar-refractivity contribution < 1.29 is 9.47 Å². The van der Waals surface area contributed by atoms with Crippen LogP contribution < -0.4 is 15.4 Å². The van der Waals surface area contributed by atoms with E-state index < -0.39 is 0 Å². The Morgan fingerprint density at radius 3 is 3.00 bits per heavy atom. The van der Waals surface area contributed by atoms with E-state index in [1.807, 2.05) is 0 Å². The quantitative estimate of drug-likeness (QED) is 0.750. The number of hydrogen-bond acceptors (Lipinski definition) is 5. The predicted molar refractivity (Wildman–Crippen MR) is 93.5 cm³/mol. The van der Waals surface area contributed by atoms with Crippen LogP contribution in [0.2, 0.25) is 0 Å². The fourth-order valence-electron chi connectivity index (χ4n) is 3.22. The molecule has 1 atom stereocenters. The fourth-order valence-corrected chi connectivity index (χ4v) is 3.22. The van der Waals surface area contributed by atoms with E-state index in [1.54, 1.807) is 0 Å². The van der Waals surface area contributed by atoms with Crippen LogP contribution in [0.3, 0.4) is 0 Å². The molecule has 23 heavy (non-hydrogen) atoms. The second kappa shape index (κ2) is 8.52. The first-order valence-electron chi connectivity index (χ1n) is 8.84. The average molecular weight is 319 g/mol. The maximum absolute atomic E-state index is 5.63. The summed E-state index contributed by atoms with van der Waals surface area (Å²) in [6.45, 7) is 10.1. The monoisotopic (exact) mass is 319 g/mol. The van der Waals surface area contributed by atoms with Crippen molar-refractivity contribution in [3.05, 3.63) is 23.8 Å². The third kappa shape index (κ3) is 5.09. The number of hydrogen-bond donors (Lipinski definition) is 2. The van der Waals surface area contributed by atoms with Crippen LogP contribution in [0.25, 0.3) is 0 Å². The van der Waals surface area contributed by atoms with Gasteiger partial charge in [-0.15, -0.1) is 0 Å². The molecule has 128 valence electrons. The van der Waals surface area contributed by atoms with Gasteiger partial charge in [0.05, 0.1) is 18.9 Å². The van der Waals surface area contributed by atoms with Crippen molar-refractivity contribution in [1.82, 2.24) is 10.2 Å². The molecular weight excluding hydrogens is 290 g/mol. The number of ether oxygens (including phenoxy) is 2. The Bertz CT molecular complexity index is 489. The lowest BCUT2D eigenvalue weighted by Crippen LogP contribution is -2.38. The minimum atomic E-state index is 0.488. The first-order chi connectivity index (χ1) is 11.3. The zero-order valence-corrected chi connectivity index (χ0v) is 14.1. The third-order valence-electron chi connectivity index (χ3n) is 4.51. The lowest BCUT2D eigenvalue weighted by Gasteiger charge is -2.26. The maximum Gasteiger partial charge on any atom is 0.142 e. The number of fused-ring (bicyclic) bond motifs is 1. The Balaban J connectivity index is 1.36. The molecule has 0 bridgehead atoms. The summed E-state index contributed by atoms with van der Waals surface area (Å²) in [6, 6.07) is 6.97. The van der Waals surface area contributed by atoms with Gasteiger partial charge in [-0.2, -0.15) is 0 Å². The molecule has 0 spiro atoms. The summed E-state index contributed by atoms with van der Waals surface area (Å²) in [4.78, 5) is 2.49. The van der Waals surface area contributed by atoms with Crippen molar-refractivity contribution in [2.24, 2.45) is 0 Å². The molecule has 0 aromatic heterocycles. The highest BCUT2D eigenvalue weighted by atomic mass is 16.5. The van der Waals surface area contributed by atoms with Crippen molar-refractivity contribution >= 4 is 5.69 Å². The zero-order chi connectivity index (χ0) is 15.9. The lowest BCUT2D eigenvalue weighted by atomic mass is 10.1. The molecule has 0 amide bonds. The molecule has 1 aromatic rings. The molecule has 0 aliphatic carbocycles. The van der Waals surface area contributed by atoms with Crippen LogP contribution in [-0.2, 0) is 11.2 Å². The molecule has 5 nitrogen and oxygen atoms in total. The van der Waals surface area contributed by atoms with Crippen LogP contribution in [0, 0.1) is 0 Å². The molecule has 0 radical (unpaired) electrons. The summed E-state index contributed by atoms with van der Waals surface area (Å²) >= 11 is 0. The van der Waals surface area contributed by atoms with Gasteiger partial charge in [0.15, 0.2) is 0 Å². The number of anilines is 1. The van der Waals surface area contributed by atoms with Crippen molar-refractivity contribution in [3.63, 3.8) is 0 Å². The van der Waals surface area contributed by atoms with Crippen LogP contribution in [0.5, 0.6) is 5.75 Å². The van der Waals surface area contributed by atoms with E-state index in [2.05, 4.69) is 40.7 Å². The summed E-state index contributed by atoms with van der Waals surface area (Å²) in [5.41, 5.74) is 2.49. The van der Waals surface area contributed by atoms with E-state index in [1.165, 1.54) is 18.5 Å². The topological polar surface area (TPSA) is 45.8 Å². The van der Waals surface area contributed by atoms with Gasteiger partial charge in [-0.05, 0) is 50.6 Å². The largest absolute Gasteiger partial charge is 0.490 e. The van der Waals surface area contributed by atoms with E-state index in [0.717, 1.165) is 63.9 Å². The molecule has 1 aromatic carbocycles. The second-order valence-electron chi connectivity index (χ2n) is 6.47. The molecule has 2 heterocycles. The van der Waals surface area contributed by atoms with Crippen LogP contribution in [-0.4, -0.2) is 63.5 Å². The highest BCUT2D eigenvalue weighted by Gasteiger charge is 2.12. The number of rotatable bonds is 7. The second-order valence-corrected chi connectivity index (χ2v) is 6.47. The van der Waals surface area contributed by atoms with Gasteiger partial charge in [0.1, 0.15) is 12.4 Å². The molecule has 5 heteroatoms. The fraction of sp³-hybridized carbons (Fsp3) is 0.667. The Hall–Kier alpha value is -1.30. The summed E-state index contributed by atoms with van der Waals surface area (Å²) in [5.74, 6) is 0.978. The van der Waals surface area contributed by atoms with E-state index in [-0.39, 0.29) is 0 Å². The number of nitrogens with one attached hydrogen (secondary N) is 2. The Morgan fingerprint density at radius 1 is 1.26 bits per heavy atom. The molecule has 1 fully saturated rings. The minimum Gasteiger partial charge on any atom is -0.490 e. The van der Waals surface area contributed by atoms with Gasteiger partial charge in [-0.1, -0.05) is 6.07 Å². The molecule has 2 N–H and O–H groups in total. The molecule has 0 saturated carbocycles. The Morgan fingerprint density at radius 2 is 2.13 bits per heavy atom. The summed E-state index contributed by atoms with van der Waals surface area (Å²) in [6.07, 6.45) is 2.25. The van der Waals surface area contributed by atoms with Gasteiger partial charge in [0.25, 0.3) is 0 Å². The average Bonchev–Trinajstić information content (AvgIpc) is 2.59. The summed E-state index contributed by atoms with van der Waals surface area (Å²) < 4.78 is 11.0. The van der Waals surface area contributed by atoms with Crippen molar-refractivity contribution in [2.45, 2.75) is 25.8 Å². The highest BCUT2D eigenvalue weighted by molar-refractivity contribution is 5.59. The zero-order valence-electron chi connectivity index (χ0n) is 14.1. The minimum absolute atomic E-state index is 0.488. The summed E-state index contributed by atoms with van der Waals surface area (Å²) in [5, 5.41) is 7.04. The van der Waals surface area contributed by atoms with Gasteiger partial charge in [-0.25, -0.2) is 0 Å². The molecule has 3 rings (SSSR count). The van der Waals surface area contributed by atoms with Crippen LogP contribution in [0.15, 0.2) is 18.2 Å². The number of nitrogens with zero attached hydrogens (tertiary/aromatic N) is 1. The lowest BCUT2D eigenvalue weighted by molar-refractivity contribution is 0.0374. The van der Waals surface area contributed by atoms with E-state index in [0.29, 0.717) is 6.04 Å². The number of benzene rings is 1. The molecular formula is C18H29N3O2. The third-order valence-corrected chi connectivity index (χ3v) is 4.51. The summed E-state index contributed by atoms with van der Waals surface area (Å²) in [7, 11) is 0. The standard InChI is InChI=1S/C18H29N3O2/c1-15(19-5-2-7-21-8-11-22-12-9-21)13-16-3-4-18-17(14-16)20-6-10-23-18/h3-4,14-15,19-20H,2,5-13H2,1H3.